The Morgan fingerprint density at radius 2 is 2.00 bits per heavy atom. The Bertz CT molecular complexity index is 560. The zero-order valence-corrected chi connectivity index (χ0v) is 11.1. The van der Waals surface area contributed by atoms with Crippen LogP contribution in [0.3, 0.4) is 0 Å². The van der Waals surface area contributed by atoms with Crippen molar-refractivity contribution >= 4 is 23.2 Å². The lowest BCUT2D eigenvalue weighted by molar-refractivity contribution is 0.213. The third-order valence-electron chi connectivity index (χ3n) is 2.54. The zero-order chi connectivity index (χ0) is 13.1. The van der Waals surface area contributed by atoms with Crippen LogP contribution in [0.15, 0.2) is 36.5 Å². The van der Waals surface area contributed by atoms with Crippen molar-refractivity contribution in [2.24, 2.45) is 0 Å². The fourth-order valence-corrected chi connectivity index (χ4v) is 2.08. The second-order valence-corrected chi connectivity index (χ2v) is 4.51. The quantitative estimate of drug-likeness (QED) is 0.938. The highest BCUT2D eigenvalue weighted by atomic mass is 35.5. The summed E-state index contributed by atoms with van der Waals surface area (Å²) in [6.07, 6.45) is 0.661. The molecule has 2 aromatic rings. The van der Waals surface area contributed by atoms with E-state index >= 15 is 0 Å². The number of rotatable bonds is 3. The molecule has 18 heavy (non-hydrogen) atoms. The molecule has 0 saturated heterocycles. The normalized spacial score (nSPS) is 12.2. The maximum Gasteiger partial charge on any atom is 0.219 e. The minimum Gasteiger partial charge on any atom is -0.481 e. The van der Waals surface area contributed by atoms with Gasteiger partial charge < -0.3 is 9.84 Å². The number of nitrogens with zero attached hydrogens (tertiary/aromatic N) is 1. The third kappa shape index (κ3) is 2.58. The summed E-state index contributed by atoms with van der Waals surface area (Å²) >= 11 is 12.0. The molecular formula is C13H11Cl2NO2. The molecule has 1 heterocycles. The van der Waals surface area contributed by atoms with Gasteiger partial charge in [-0.25, -0.2) is 4.98 Å². The van der Waals surface area contributed by atoms with Gasteiger partial charge in [0.25, 0.3) is 0 Å². The van der Waals surface area contributed by atoms with Gasteiger partial charge in [-0.05, 0) is 30.3 Å². The molecule has 1 atom stereocenters. The maximum atomic E-state index is 10.3. The minimum absolute atomic E-state index is 0.362. The second-order valence-electron chi connectivity index (χ2n) is 3.67. The topological polar surface area (TPSA) is 42.4 Å². The number of hydrogen-bond donors (Lipinski definition) is 1. The van der Waals surface area contributed by atoms with Crippen LogP contribution in [0.2, 0.25) is 10.0 Å². The van der Waals surface area contributed by atoms with Crippen LogP contribution in [0.1, 0.15) is 17.2 Å². The highest BCUT2D eigenvalue weighted by Crippen LogP contribution is 2.33. The van der Waals surface area contributed by atoms with Gasteiger partial charge in [-0.15, -0.1) is 0 Å². The fraction of sp³-hybridized carbons (Fsp3) is 0.154. The summed E-state index contributed by atoms with van der Waals surface area (Å²) in [6.45, 7) is 0. The first-order valence-corrected chi connectivity index (χ1v) is 6.01. The number of methoxy groups -OCH3 is 1. The Balaban J connectivity index is 2.47. The molecule has 94 valence electrons. The van der Waals surface area contributed by atoms with Crippen LogP contribution in [-0.4, -0.2) is 17.2 Å². The number of hydrogen-bond acceptors (Lipinski definition) is 3. The predicted octanol–water partition coefficient (Wildman–Crippen LogP) is 3.48. The Kier molecular flexibility index (Phi) is 4.07. The second kappa shape index (κ2) is 5.57. The van der Waals surface area contributed by atoms with Crippen LogP contribution in [0, 0.1) is 0 Å². The molecule has 1 aromatic carbocycles. The van der Waals surface area contributed by atoms with E-state index in [1.54, 1.807) is 36.5 Å². The number of aliphatic hydroxyl groups is 1. The summed E-state index contributed by atoms with van der Waals surface area (Å²) in [6, 6.07) is 8.39. The van der Waals surface area contributed by atoms with Gasteiger partial charge in [-0.3, -0.25) is 0 Å². The van der Waals surface area contributed by atoms with Crippen LogP contribution in [-0.2, 0) is 0 Å². The molecule has 0 radical (unpaired) electrons. The molecule has 0 spiro atoms. The lowest BCUT2D eigenvalue weighted by Gasteiger charge is -2.15. The Labute approximate surface area is 115 Å². The predicted molar refractivity (Wildman–Crippen MR) is 71.3 cm³/mol. The molecule has 0 aliphatic rings. The van der Waals surface area contributed by atoms with Crippen LogP contribution >= 0.6 is 23.2 Å². The summed E-state index contributed by atoms with van der Waals surface area (Å²) in [5.41, 5.74) is 1.07. The van der Waals surface area contributed by atoms with Crippen molar-refractivity contribution in [3.8, 4) is 5.88 Å². The molecule has 5 heteroatoms. The van der Waals surface area contributed by atoms with Crippen molar-refractivity contribution < 1.29 is 9.84 Å². The van der Waals surface area contributed by atoms with E-state index in [2.05, 4.69) is 4.98 Å². The SMILES string of the molecule is COc1ncccc1C(O)c1cc(Cl)ccc1Cl. The Morgan fingerprint density at radius 1 is 1.22 bits per heavy atom. The van der Waals surface area contributed by atoms with Gasteiger partial charge in [-0.2, -0.15) is 0 Å². The van der Waals surface area contributed by atoms with E-state index in [0.717, 1.165) is 0 Å². The van der Waals surface area contributed by atoms with Crippen molar-refractivity contribution in [3.05, 3.63) is 57.7 Å². The van der Waals surface area contributed by atoms with Crippen LogP contribution in [0.5, 0.6) is 5.88 Å². The molecule has 0 aliphatic carbocycles. The summed E-state index contributed by atoms with van der Waals surface area (Å²) in [7, 11) is 1.50. The van der Waals surface area contributed by atoms with E-state index in [9.17, 15) is 5.11 Å². The van der Waals surface area contributed by atoms with E-state index in [4.69, 9.17) is 27.9 Å². The van der Waals surface area contributed by atoms with Crippen molar-refractivity contribution in [1.82, 2.24) is 4.98 Å². The van der Waals surface area contributed by atoms with E-state index in [-0.39, 0.29) is 0 Å². The van der Waals surface area contributed by atoms with Gasteiger partial charge in [-0.1, -0.05) is 23.2 Å². The van der Waals surface area contributed by atoms with E-state index in [0.29, 0.717) is 27.1 Å². The molecule has 0 aliphatic heterocycles. The summed E-state index contributed by atoms with van der Waals surface area (Å²) in [5, 5.41) is 11.3. The van der Waals surface area contributed by atoms with Crippen molar-refractivity contribution in [1.29, 1.82) is 0 Å². The van der Waals surface area contributed by atoms with Gasteiger partial charge in [0.1, 0.15) is 6.10 Å². The zero-order valence-electron chi connectivity index (χ0n) is 9.60. The third-order valence-corrected chi connectivity index (χ3v) is 3.12. The van der Waals surface area contributed by atoms with Gasteiger partial charge in [0, 0.05) is 27.4 Å². The average molecular weight is 284 g/mol. The molecule has 0 saturated carbocycles. The number of halogens is 2. The Hall–Kier alpha value is -1.29. The van der Waals surface area contributed by atoms with Crippen LogP contribution in [0.25, 0.3) is 0 Å². The van der Waals surface area contributed by atoms with E-state index < -0.39 is 6.10 Å². The lowest BCUT2D eigenvalue weighted by atomic mass is 10.0. The maximum absolute atomic E-state index is 10.3. The number of ether oxygens (including phenoxy) is 1. The highest BCUT2D eigenvalue weighted by Gasteiger charge is 2.18. The van der Waals surface area contributed by atoms with Crippen LogP contribution in [0.4, 0.5) is 0 Å². The first kappa shape index (κ1) is 13.1. The average Bonchev–Trinajstić information content (AvgIpc) is 2.40. The highest BCUT2D eigenvalue weighted by molar-refractivity contribution is 6.33. The first-order valence-electron chi connectivity index (χ1n) is 5.25. The molecule has 2 rings (SSSR count). The molecule has 0 bridgehead atoms. The van der Waals surface area contributed by atoms with Crippen molar-refractivity contribution in [2.75, 3.05) is 7.11 Å². The van der Waals surface area contributed by atoms with Gasteiger partial charge in [0.2, 0.25) is 5.88 Å². The smallest absolute Gasteiger partial charge is 0.219 e. The monoisotopic (exact) mass is 283 g/mol. The van der Waals surface area contributed by atoms with E-state index in [1.807, 2.05) is 0 Å². The number of aromatic nitrogens is 1. The summed E-state index contributed by atoms with van der Waals surface area (Å²) < 4.78 is 5.11. The van der Waals surface area contributed by atoms with Gasteiger partial charge in [0.05, 0.1) is 7.11 Å². The summed E-state index contributed by atoms with van der Waals surface area (Å²) in [4.78, 5) is 4.04. The van der Waals surface area contributed by atoms with Crippen molar-refractivity contribution in [3.63, 3.8) is 0 Å². The molecule has 1 aromatic heterocycles. The summed E-state index contributed by atoms with van der Waals surface area (Å²) in [5.74, 6) is 0.362. The largest absolute Gasteiger partial charge is 0.481 e. The van der Waals surface area contributed by atoms with Crippen LogP contribution < -0.4 is 4.74 Å². The van der Waals surface area contributed by atoms with E-state index in [1.165, 1.54) is 7.11 Å². The number of benzene rings is 1. The van der Waals surface area contributed by atoms with Gasteiger partial charge >= 0.3 is 0 Å². The number of aliphatic hydroxyl groups excluding tert-OH is 1. The molecule has 0 fully saturated rings. The first-order chi connectivity index (χ1) is 8.63. The Morgan fingerprint density at radius 3 is 2.72 bits per heavy atom. The lowest BCUT2D eigenvalue weighted by Crippen LogP contribution is -2.04. The van der Waals surface area contributed by atoms with Gasteiger partial charge in [0.15, 0.2) is 0 Å². The fourth-order valence-electron chi connectivity index (χ4n) is 1.67. The molecule has 0 amide bonds. The molecule has 1 N–H and O–H groups in total. The molecular weight excluding hydrogens is 273 g/mol. The molecule has 3 nitrogen and oxygen atoms in total. The minimum atomic E-state index is -0.931. The molecule has 1 unspecified atom stereocenters. The number of pyridine rings is 1. The standard InChI is InChI=1S/C13H11Cl2NO2/c1-18-13-9(3-2-6-16-13)12(17)10-7-8(14)4-5-11(10)15/h2-7,12,17H,1H3. The van der Waals surface area contributed by atoms with Crippen molar-refractivity contribution in [2.45, 2.75) is 6.10 Å².